The topological polar surface area (TPSA) is 91.3 Å². The zero-order valence-electron chi connectivity index (χ0n) is 18.9. The second-order valence-electron chi connectivity index (χ2n) is 9.91. The fourth-order valence-corrected chi connectivity index (χ4v) is 2.81. The summed E-state index contributed by atoms with van der Waals surface area (Å²) < 4.78 is 22.9. The number of ether oxygens (including phenoxy) is 4. The second-order valence-corrected chi connectivity index (χ2v) is 9.91. The van der Waals surface area contributed by atoms with Gasteiger partial charge in [0, 0.05) is 0 Å². The Balaban J connectivity index is 2.33. The van der Waals surface area contributed by atoms with Crippen LogP contribution in [0, 0.1) is 10.8 Å². The van der Waals surface area contributed by atoms with Crippen molar-refractivity contribution in [2.24, 2.45) is 10.8 Å². The molecule has 0 amide bonds. The first-order valence-corrected chi connectivity index (χ1v) is 10.1. The van der Waals surface area contributed by atoms with E-state index in [2.05, 4.69) is 0 Å². The molecule has 4 atom stereocenters. The SMILES string of the molecule is CC(C)(C)C(=O)O[C@@H]1[C@H](OC(=O)C(C)(C)C)COC(O)[C@]1(C)OCc1ccccc1. The third-order valence-electron chi connectivity index (χ3n) is 4.92. The molecule has 168 valence electrons. The van der Waals surface area contributed by atoms with Crippen molar-refractivity contribution in [2.45, 2.75) is 79.2 Å². The van der Waals surface area contributed by atoms with Crippen molar-refractivity contribution in [2.75, 3.05) is 6.61 Å². The summed E-state index contributed by atoms with van der Waals surface area (Å²) in [4.78, 5) is 25.2. The minimum atomic E-state index is -1.45. The average Bonchev–Trinajstić information content (AvgIpc) is 2.65. The van der Waals surface area contributed by atoms with Gasteiger partial charge in [0.1, 0.15) is 0 Å². The number of carbonyl (C=O) groups excluding carboxylic acids is 2. The fraction of sp³-hybridized carbons (Fsp3) is 0.652. The van der Waals surface area contributed by atoms with Crippen molar-refractivity contribution in [3.05, 3.63) is 35.9 Å². The van der Waals surface area contributed by atoms with Gasteiger partial charge in [0.25, 0.3) is 0 Å². The van der Waals surface area contributed by atoms with Crippen molar-refractivity contribution in [3.8, 4) is 0 Å². The molecule has 1 saturated heterocycles. The Morgan fingerprint density at radius 1 is 1.03 bits per heavy atom. The molecule has 1 N–H and O–H groups in total. The van der Waals surface area contributed by atoms with Crippen molar-refractivity contribution in [3.63, 3.8) is 0 Å². The maximum atomic E-state index is 12.7. The Kier molecular flexibility index (Phi) is 7.32. The predicted molar refractivity (Wildman–Crippen MR) is 110 cm³/mol. The van der Waals surface area contributed by atoms with Crippen LogP contribution in [0.2, 0.25) is 0 Å². The lowest BCUT2D eigenvalue weighted by Crippen LogP contribution is -2.65. The van der Waals surface area contributed by atoms with Gasteiger partial charge in [0.2, 0.25) is 0 Å². The van der Waals surface area contributed by atoms with E-state index in [0.29, 0.717) is 0 Å². The van der Waals surface area contributed by atoms with Crippen LogP contribution in [0.3, 0.4) is 0 Å². The van der Waals surface area contributed by atoms with Crippen molar-refractivity contribution in [1.82, 2.24) is 0 Å². The molecule has 7 heteroatoms. The highest BCUT2D eigenvalue weighted by Gasteiger charge is 2.55. The normalized spacial score (nSPS) is 27.4. The highest BCUT2D eigenvalue weighted by atomic mass is 16.7. The van der Waals surface area contributed by atoms with E-state index in [9.17, 15) is 14.7 Å². The van der Waals surface area contributed by atoms with Gasteiger partial charge in [-0.1, -0.05) is 30.3 Å². The van der Waals surface area contributed by atoms with Crippen LogP contribution in [0.1, 0.15) is 54.0 Å². The minimum Gasteiger partial charge on any atom is -0.455 e. The van der Waals surface area contributed by atoms with E-state index in [1.54, 1.807) is 48.5 Å². The largest absolute Gasteiger partial charge is 0.455 e. The lowest BCUT2D eigenvalue weighted by Gasteiger charge is -2.47. The van der Waals surface area contributed by atoms with E-state index in [0.717, 1.165) is 5.56 Å². The first-order valence-electron chi connectivity index (χ1n) is 10.1. The van der Waals surface area contributed by atoms with Gasteiger partial charge in [-0.15, -0.1) is 0 Å². The van der Waals surface area contributed by atoms with E-state index in [1.807, 2.05) is 30.3 Å². The average molecular weight is 423 g/mol. The summed E-state index contributed by atoms with van der Waals surface area (Å²) in [6, 6.07) is 9.40. The molecule has 1 aromatic rings. The highest BCUT2D eigenvalue weighted by molar-refractivity contribution is 5.76. The van der Waals surface area contributed by atoms with Crippen LogP contribution >= 0.6 is 0 Å². The zero-order valence-corrected chi connectivity index (χ0v) is 18.9. The summed E-state index contributed by atoms with van der Waals surface area (Å²) in [5.74, 6) is -0.956. The molecule has 0 bridgehead atoms. The fourth-order valence-electron chi connectivity index (χ4n) is 2.81. The maximum Gasteiger partial charge on any atom is 0.311 e. The minimum absolute atomic E-state index is 0.116. The molecule has 30 heavy (non-hydrogen) atoms. The van der Waals surface area contributed by atoms with Gasteiger partial charge < -0.3 is 24.1 Å². The molecule has 1 fully saturated rings. The first-order chi connectivity index (χ1) is 13.7. The molecule has 1 unspecified atom stereocenters. The van der Waals surface area contributed by atoms with Gasteiger partial charge in [0.15, 0.2) is 24.1 Å². The molecule has 0 aliphatic carbocycles. The Morgan fingerprint density at radius 3 is 2.10 bits per heavy atom. The van der Waals surface area contributed by atoms with E-state index >= 15 is 0 Å². The van der Waals surface area contributed by atoms with Crippen LogP contribution < -0.4 is 0 Å². The quantitative estimate of drug-likeness (QED) is 0.729. The highest BCUT2D eigenvalue weighted by Crippen LogP contribution is 2.35. The van der Waals surface area contributed by atoms with Crippen molar-refractivity contribution in [1.29, 1.82) is 0 Å². The Hall–Kier alpha value is -1.96. The number of hydrogen-bond acceptors (Lipinski definition) is 7. The molecule has 0 radical (unpaired) electrons. The van der Waals surface area contributed by atoms with Crippen LogP contribution in [0.25, 0.3) is 0 Å². The van der Waals surface area contributed by atoms with Gasteiger partial charge in [-0.3, -0.25) is 9.59 Å². The number of benzene rings is 1. The molecule has 2 rings (SSSR count). The van der Waals surface area contributed by atoms with Crippen LogP contribution in [0.4, 0.5) is 0 Å². The second kappa shape index (κ2) is 9.04. The molecule has 7 nitrogen and oxygen atoms in total. The summed E-state index contributed by atoms with van der Waals surface area (Å²) in [5.41, 5.74) is -2.11. The van der Waals surface area contributed by atoms with Gasteiger partial charge >= 0.3 is 11.9 Å². The first kappa shape index (κ1) is 24.3. The van der Waals surface area contributed by atoms with Gasteiger partial charge in [-0.05, 0) is 54.0 Å². The number of hydrogen-bond donors (Lipinski definition) is 1. The molecule has 0 aromatic heterocycles. The lowest BCUT2D eigenvalue weighted by atomic mass is 9.89. The van der Waals surface area contributed by atoms with Gasteiger partial charge in [-0.2, -0.15) is 0 Å². The molecule has 0 saturated carbocycles. The zero-order chi connectivity index (χ0) is 22.7. The van der Waals surface area contributed by atoms with Crippen LogP contribution in [0.15, 0.2) is 30.3 Å². The molecular weight excluding hydrogens is 388 g/mol. The summed E-state index contributed by atoms with van der Waals surface area (Å²) in [7, 11) is 0. The van der Waals surface area contributed by atoms with Gasteiger partial charge in [-0.25, -0.2) is 0 Å². The number of esters is 2. The third-order valence-corrected chi connectivity index (χ3v) is 4.92. The number of aliphatic hydroxyl groups excluding tert-OH is 1. The number of carbonyl (C=O) groups is 2. The lowest BCUT2D eigenvalue weighted by molar-refractivity contribution is -0.318. The smallest absolute Gasteiger partial charge is 0.311 e. The predicted octanol–water partition coefficient (Wildman–Crippen LogP) is 3.23. The molecule has 1 aliphatic rings. The summed E-state index contributed by atoms with van der Waals surface area (Å²) in [6.45, 7) is 12.0. The van der Waals surface area contributed by atoms with E-state index < -0.39 is 46.9 Å². The number of rotatable bonds is 5. The molecule has 1 aromatic carbocycles. The molecule has 1 aliphatic heterocycles. The number of aliphatic hydroxyl groups is 1. The van der Waals surface area contributed by atoms with E-state index in [4.69, 9.17) is 18.9 Å². The van der Waals surface area contributed by atoms with Crippen molar-refractivity contribution >= 4 is 11.9 Å². The molecular formula is C23H34O7. The van der Waals surface area contributed by atoms with Crippen LogP contribution in [0.5, 0.6) is 0 Å². The Labute approximate surface area is 178 Å². The Bertz CT molecular complexity index is 732. The monoisotopic (exact) mass is 422 g/mol. The molecule has 1 heterocycles. The molecule has 0 spiro atoms. The van der Waals surface area contributed by atoms with E-state index in [-0.39, 0.29) is 13.2 Å². The summed E-state index contributed by atoms with van der Waals surface area (Å²) in [5, 5.41) is 10.6. The standard InChI is InChI=1S/C23H34O7/c1-21(2,3)18(24)29-16-14-27-20(26)23(7,17(16)30-19(25)22(4,5)6)28-13-15-11-9-8-10-12-15/h8-12,16-17,20,26H,13-14H2,1-7H3/t16-,17-,20?,23-/m1/s1. The van der Waals surface area contributed by atoms with Crippen LogP contribution in [-0.2, 0) is 35.1 Å². The maximum absolute atomic E-state index is 12.7. The summed E-state index contributed by atoms with van der Waals surface area (Å²) >= 11 is 0. The third kappa shape index (κ3) is 5.80. The van der Waals surface area contributed by atoms with E-state index in [1.165, 1.54) is 0 Å². The van der Waals surface area contributed by atoms with Crippen molar-refractivity contribution < 1.29 is 33.6 Å². The Morgan fingerprint density at radius 2 is 1.57 bits per heavy atom. The summed E-state index contributed by atoms with van der Waals surface area (Å²) in [6.07, 6.45) is -3.35. The van der Waals surface area contributed by atoms with Crippen LogP contribution in [-0.4, -0.2) is 47.8 Å². The van der Waals surface area contributed by atoms with Gasteiger partial charge in [0.05, 0.1) is 24.0 Å².